The van der Waals surface area contributed by atoms with Gasteiger partial charge in [0.1, 0.15) is 0 Å². The summed E-state index contributed by atoms with van der Waals surface area (Å²) in [4.78, 5) is 0. The van der Waals surface area contributed by atoms with Gasteiger partial charge in [0.2, 0.25) is 0 Å². The van der Waals surface area contributed by atoms with E-state index in [4.69, 9.17) is 16.3 Å². The first-order valence-electron chi connectivity index (χ1n) is 6.85. The molecule has 2 nitrogen and oxygen atoms in total. The van der Waals surface area contributed by atoms with Gasteiger partial charge in [0, 0.05) is 30.1 Å². The van der Waals surface area contributed by atoms with Crippen molar-refractivity contribution in [3.63, 3.8) is 0 Å². The van der Waals surface area contributed by atoms with E-state index in [1.54, 1.807) is 0 Å². The fraction of sp³-hybridized carbons (Fsp3) is 0.600. The van der Waals surface area contributed by atoms with Crippen molar-refractivity contribution in [3.8, 4) is 0 Å². The lowest BCUT2D eigenvalue weighted by Gasteiger charge is -2.20. The van der Waals surface area contributed by atoms with Crippen LogP contribution in [0.5, 0.6) is 0 Å². The molecule has 1 aromatic carbocycles. The Kier molecular flexibility index (Phi) is 3.60. The Morgan fingerprint density at radius 3 is 2.89 bits per heavy atom. The van der Waals surface area contributed by atoms with Gasteiger partial charge in [0.15, 0.2) is 0 Å². The molecule has 2 unspecified atom stereocenters. The van der Waals surface area contributed by atoms with Gasteiger partial charge in [-0.05, 0) is 43.4 Å². The fourth-order valence-corrected chi connectivity index (χ4v) is 2.79. The fourth-order valence-electron chi connectivity index (χ4n) is 2.60. The second-order valence-corrected chi connectivity index (χ2v) is 5.94. The van der Waals surface area contributed by atoms with Gasteiger partial charge in [-0.3, -0.25) is 0 Å². The molecule has 18 heavy (non-hydrogen) atoms. The number of rotatable bonds is 4. The molecule has 3 heteroatoms. The lowest BCUT2D eigenvalue weighted by atomic mass is 9.94. The third kappa shape index (κ3) is 2.71. The van der Waals surface area contributed by atoms with Crippen LogP contribution in [0.1, 0.15) is 36.5 Å². The van der Waals surface area contributed by atoms with Gasteiger partial charge in [-0.1, -0.05) is 23.7 Å². The van der Waals surface area contributed by atoms with E-state index in [2.05, 4.69) is 23.5 Å². The van der Waals surface area contributed by atoms with Crippen molar-refractivity contribution < 1.29 is 4.74 Å². The van der Waals surface area contributed by atoms with Crippen LogP contribution in [0.25, 0.3) is 0 Å². The molecular formula is C15H20ClNO. The number of hydrogen-bond donors (Lipinski definition) is 1. The number of benzene rings is 1. The summed E-state index contributed by atoms with van der Waals surface area (Å²) in [5, 5.41) is 4.46. The largest absolute Gasteiger partial charge is 0.373 e. The van der Waals surface area contributed by atoms with E-state index in [-0.39, 0.29) is 6.10 Å². The van der Waals surface area contributed by atoms with Gasteiger partial charge in [-0.25, -0.2) is 0 Å². The number of ether oxygens (including phenoxy) is 1. The van der Waals surface area contributed by atoms with E-state index in [9.17, 15) is 0 Å². The van der Waals surface area contributed by atoms with Gasteiger partial charge in [-0.15, -0.1) is 0 Å². The summed E-state index contributed by atoms with van der Waals surface area (Å²) >= 11 is 6.21. The molecule has 1 aromatic rings. The van der Waals surface area contributed by atoms with Gasteiger partial charge in [0.05, 0.1) is 6.10 Å². The molecule has 98 valence electrons. The molecule has 2 aliphatic rings. The first kappa shape index (κ1) is 12.5. The number of nitrogens with one attached hydrogen (secondary N) is 1. The molecule has 0 radical (unpaired) electrons. The lowest BCUT2D eigenvalue weighted by Crippen LogP contribution is -2.26. The number of hydrogen-bond acceptors (Lipinski definition) is 2. The van der Waals surface area contributed by atoms with E-state index in [1.807, 2.05) is 6.92 Å². The summed E-state index contributed by atoms with van der Waals surface area (Å²) in [6, 6.07) is 7.08. The highest BCUT2D eigenvalue weighted by atomic mass is 35.5. The Balaban J connectivity index is 1.70. The minimum Gasteiger partial charge on any atom is -0.373 e. The Morgan fingerprint density at radius 1 is 1.33 bits per heavy atom. The molecule has 3 rings (SSSR count). The van der Waals surface area contributed by atoms with Crippen molar-refractivity contribution in [2.75, 3.05) is 13.2 Å². The van der Waals surface area contributed by atoms with Gasteiger partial charge < -0.3 is 10.1 Å². The van der Waals surface area contributed by atoms with Crippen molar-refractivity contribution in [2.24, 2.45) is 5.92 Å². The van der Waals surface area contributed by atoms with E-state index in [0.29, 0.717) is 5.92 Å². The molecule has 0 bridgehead atoms. The average Bonchev–Trinajstić information content (AvgIpc) is 3.08. The second kappa shape index (κ2) is 5.20. The third-order valence-electron chi connectivity index (χ3n) is 3.98. The van der Waals surface area contributed by atoms with Crippen LogP contribution in [0.15, 0.2) is 18.2 Å². The molecule has 0 aromatic heterocycles. The zero-order chi connectivity index (χ0) is 12.5. The molecule has 2 atom stereocenters. The Labute approximate surface area is 114 Å². The average molecular weight is 266 g/mol. The summed E-state index contributed by atoms with van der Waals surface area (Å²) in [6.45, 7) is 3.97. The van der Waals surface area contributed by atoms with Crippen LogP contribution in [-0.2, 0) is 4.74 Å². The quantitative estimate of drug-likeness (QED) is 0.900. The summed E-state index contributed by atoms with van der Waals surface area (Å²) in [5.41, 5.74) is 2.36. The predicted octanol–water partition coefficient (Wildman–Crippen LogP) is 3.48. The molecule has 1 saturated carbocycles. The number of halogens is 1. The highest BCUT2D eigenvalue weighted by Crippen LogP contribution is 2.36. The highest BCUT2D eigenvalue weighted by Gasteiger charge is 2.31. The first-order chi connectivity index (χ1) is 8.74. The minimum atomic E-state index is 0.217. The van der Waals surface area contributed by atoms with Crippen LogP contribution >= 0.6 is 11.6 Å². The first-order valence-corrected chi connectivity index (χ1v) is 7.23. The monoisotopic (exact) mass is 265 g/mol. The standard InChI is InChI=1S/C15H20ClNO/c1-10-2-3-11(8-14(10)16)15-12(6-7-18-15)9-17-13-4-5-13/h2-3,8,12-13,15,17H,4-7,9H2,1H3. The summed E-state index contributed by atoms with van der Waals surface area (Å²) in [7, 11) is 0. The Hall–Kier alpha value is -0.570. The van der Waals surface area contributed by atoms with Crippen LogP contribution in [0.4, 0.5) is 0 Å². The van der Waals surface area contributed by atoms with Crippen molar-refractivity contribution in [1.29, 1.82) is 0 Å². The Bertz CT molecular complexity index is 431. The summed E-state index contributed by atoms with van der Waals surface area (Å²) in [5.74, 6) is 0.587. The molecule has 0 amide bonds. The molecule has 1 N–H and O–H groups in total. The smallest absolute Gasteiger partial charge is 0.0866 e. The topological polar surface area (TPSA) is 21.3 Å². The SMILES string of the molecule is Cc1ccc(C2OCCC2CNC2CC2)cc1Cl. The lowest BCUT2D eigenvalue weighted by molar-refractivity contribution is 0.0904. The van der Waals surface area contributed by atoms with Gasteiger partial charge >= 0.3 is 0 Å². The summed E-state index contributed by atoms with van der Waals surface area (Å²) in [6.07, 6.45) is 4.05. The van der Waals surface area contributed by atoms with Crippen LogP contribution in [0, 0.1) is 12.8 Å². The van der Waals surface area contributed by atoms with E-state index in [0.717, 1.165) is 36.2 Å². The molecule has 2 fully saturated rings. The highest BCUT2D eigenvalue weighted by molar-refractivity contribution is 6.31. The third-order valence-corrected chi connectivity index (χ3v) is 4.39. The van der Waals surface area contributed by atoms with Crippen LogP contribution in [-0.4, -0.2) is 19.2 Å². The van der Waals surface area contributed by atoms with Gasteiger partial charge in [-0.2, -0.15) is 0 Å². The maximum absolute atomic E-state index is 6.21. The molecule has 1 aliphatic carbocycles. The maximum atomic E-state index is 6.21. The van der Waals surface area contributed by atoms with Crippen molar-refractivity contribution in [1.82, 2.24) is 5.32 Å². The van der Waals surface area contributed by atoms with Crippen molar-refractivity contribution in [2.45, 2.75) is 38.3 Å². The summed E-state index contributed by atoms with van der Waals surface area (Å²) < 4.78 is 5.90. The van der Waals surface area contributed by atoms with E-state index < -0.39 is 0 Å². The molecule has 1 aliphatic heterocycles. The van der Waals surface area contributed by atoms with Crippen molar-refractivity contribution >= 4 is 11.6 Å². The zero-order valence-corrected chi connectivity index (χ0v) is 11.5. The van der Waals surface area contributed by atoms with Gasteiger partial charge in [0.25, 0.3) is 0 Å². The maximum Gasteiger partial charge on any atom is 0.0866 e. The van der Waals surface area contributed by atoms with E-state index in [1.165, 1.54) is 18.4 Å². The normalized spacial score (nSPS) is 27.7. The minimum absolute atomic E-state index is 0.217. The van der Waals surface area contributed by atoms with E-state index >= 15 is 0 Å². The number of aryl methyl sites for hydroxylation is 1. The second-order valence-electron chi connectivity index (χ2n) is 5.53. The Morgan fingerprint density at radius 2 is 2.17 bits per heavy atom. The molecule has 1 heterocycles. The molecule has 1 saturated heterocycles. The van der Waals surface area contributed by atoms with Crippen molar-refractivity contribution in [3.05, 3.63) is 34.3 Å². The predicted molar refractivity (Wildman–Crippen MR) is 74.0 cm³/mol. The molecular weight excluding hydrogens is 246 g/mol. The van der Waals surface area contributed by atoms with Crippen LogP contribution < -0.4 is 5.32 Å². The van der Waals surface area contributed by atoms with Crippen LogP contribution in [0.3, 0.4) is 0 Å². The zero-order valence-electron chi connectivity index (χ0n) is 10.8. The molecule has 0 spiro atoms. The van der Waals surface area contributed by atoms with Crippen LogP contribution in [0.2, 0.25) is 5.02 Å².